The first-order valence-electron chi connectivity index (χ1n) is 15.0. The smallest absolute Gasteiger partial charge is 0.251 e. The van der Waals surface area contributed by atoms with Crippen LogP contribution in [0.15, 0.2) is 60.8 Å². The van der Waals surface area contributed by atoms with Gasteiger partial charge in [-0.25, -0.2) is 0 Å². The minimum absolute atomic E-state index is 0.0229. The van der Waals surface area contributed by atoms with Crippen molar-refractivity contribution in [3.05, 3.63) is 83.2 Å². The van der Waals surface area contributed by atoms with E-state index in [0.717, 1.165) is 54.9 Å². The number of nitrogens with one attached hydrogen (secondary N) is 3. The van der Waals surface area contributed by atoms with E-state index in [2.05, 4.69) is 48.9 Å². The fraction of sp³-hybridized carbons (Fsp3) is 0.471. The first-order valence-corrected chi connectivity index (χ1v) is 15.0. The molecule has 1 aliphatic carbocycles. The van der Waals surface area contributed by atoms with Gasteiger partial charge in [-0.05, 0) is 85.0 Å². The van der Waals surface area contributed by atoms with Crippen molar-refractivity contribution in [2.45, 2.75) is 76.0 Å². The number of ether oxygens (including phenoxy) is 2. The number of hydrogen-bond acceptors (Lipinski definition) is 7. The molecule has 224 valence electrons. The fourth-order valence-corrected chi connectivity index (χ4v) is 5.40. The zero-order valence-corrected chi connectivity index (χ0v) is 25.2. The van der Waals surface area contributed by atoms with Crippen molar-refractivity contribution in [1.82, 2.24) is 15.6 Å². The zero-order valence-electron chi connectivity index (χ0n) is 25.2. The molecule has 1 aliphatic heterocycles. The van der Waals surface area contributed by atoms with Crippen molar-refractivity contribution in [3.63, 3.8) is 0 Å². The third-order valence-electron chi connectivity index (χ3n) is 8.22. The van der Waals surface area contributed by atoms with E-state index in [0.29, 0.717) is 30.9 Å². The Balaban J connectivity index is 1.38. The lowest BCUT2D eigenvalue weighted by atomic mass is 9.86. The Hall–Kier alpha value is -3.62. The molecule has 1 amide bonds. The summed E-state index contributed by atoms with van der Waals surface area (Å²) in [5, 5.41) is 21.7. The first-order chi connectivity index (χ1) is 20.1. The molecule has 5 rings (SSSR count). The Labute approximate surface area is 249 Å². The molecular weight excluding hydrogens is 528 g/mol. The fourth-order valence-electron chi connectivity index (χ4n) is 5.40. The van der Waals surface area contributed by atoms with E-state index in [1.807, 2.05) is 42.6 Å². The van der Waals surface area contributed by atoms with Gasteiger partial charge in [0.1, 0.15) is 11.5 Å². The molecule has 3 aromatic rings. The van der Waals surface area contributed by atoms with Crippen LogP contribution in [0, 0.1) is 0 Å². The molecule has 0 unspecified atom stereocenters. The number of amides is 1. The number of rotatable bonds is 6. The molecule has 2 aliphatic rings. The van der Waals surface area contributed by atoms with E-state index in [9.17, 15) is 9.90 Å². The topological polar surface area (TPSA) is 105 Å². The van der Waals surface area contributed by atoms with Gasteiger partial charge in [0, 0.05) is 36.6 Å². The van der Waals surface area contributed by atoms with Crippen LogP contribution in [-0.4, -0.2) is 54.9 Å². The predicted octanol–water partition coefficient (Wildman–Crippen LogP) is 4.95. The number of fused-ring (bicyclic) bond motifs is 4. The quantitative estimate of drug-likeness (QED) is 0.331. The molecule has 0 spiro atoms. The van der Waals surface area contributed by atoms with Gasteiger partial charge in [0.25, 0.3) is 5.91 Å². The van der Waals surface area contributed by atoms with Crippen molar-refractivity contribution in [2.75, 3.05) is 32.1 Å². The molecule has 2 aromatic carbocycles. The van der Waals surface area contributed by atoms with Gasteiger partial charge in [0.05, 0.1) is 37.1 Å². The van der Waals surface area contributed by atoms with E-state index >= 15 is 0 Å². The molecule has 4 N–H and O–H groups in total. The number of nitrogens with zero attached hydrogens (tertiary/aromatic N) is 1. The highest BCUT2D eigenvalue weighted by Crippen LogP contribution is 2.45. The number of aliphatic hydroxyl groups excluding tert-OH is 1. The molecule has 8 heteroatoms. The second-order valence-electron chi connectivity index (χ2n) is 12.6. The van der Waals surface area contributed by atoms with Crippen LogP contribution in [0.2, 0.25) is 0 Å². The molecule has 1 aromatic heterocycles. The monoisotopic (exact) mass is 572 g/mol. The molecule has 42 heavy (non-hydrogen) atoms. The summed E-state index contributed by atoms with van der Waals surface area (Å²) < 4.78 is 11.5. The predicted molar refractivity (Wildman–Crippen MR) is 165 cm³/mol. The molecule has 2 heterocycles. The second kappa shape index (κ2) is 12.7. The SMILES string of the molecule is COc1cc2cc(c1)C(=O)N[C@H]([C@H](O)CNC1(c3cc(C(C)(C)C)ccn3)CC1)Cc1cccc(c1)OCCCCN2. The third-order valence-corrected chi connectivity index (χ3v) is 8.22. The van der Waals surface area contributed by atoms with Gasteiger partial charge < -0.3 is 30.5 Å². The summed E-state index contributed by atoms with van der Waals surface area (Å²) in [6.07, 6.45) is 5.22. The van der Waals surface area contributed by atoms with Crippen LogP contribution in [0.5, 0.6) is 11.5 Å². The zero-order chi connectivity index (χ0) is 29.7. The average molecular weight is 573 g/mol. The van der Waals surface area contributed by atoms with Gasteiger partial charge in [0.15, 0.2) is 0 Å². The minimum Gasteiger partial charge on any atom is -0.497 e. The third kappa shape index (κ3) is 7.41. The highest BCUT2D eigenvalue weighted by molar-refractivity contribution is 5.96. The Kier molecular flexibility index (Phi) is 9.04. The van der Waals surface area contributed by atoms with Gasteiger partial charge in [0.2, 0.25) is 0 Å². The number of aromatic nitrogens is 1. The number of methoxy groups -OCH3 is 1. The molecule has 2 atom stereocenters. The summed E-state index contributed by atoms with van der Waals surface area (Å²) in [7, 11) is 1.59. The van der Waals surface area contributed by atoms with Gasteiger partial charge in [-0.2, -0.15) is 0 Å². The Bertz CT molecular complexity index is 1380. The van der Waals surface area contributed by atoms with Gasteiger partial charge in [-0.3, -0.25) is 9.78 Å². The largest absolute Gasteiger partial charge is 0.497 e. The highest BCUT2D eigenvalue weighted by Gasteiger charge is 2.46. The molecule has 0 radical (unpaired) electrons. The summed E-state index contributed by atoms with van der Waals surface area (Å²) in [6, 6.07) is 17.1. The molecular formula is C34H44N4O4. The summed E-state index contributed by atoms with van der Waals surface area (Å²) in [4.78, 5) is 18.3. The molecule has 4 bridgehead atoms. The second-order valence-corrected chi connectivity index (χ2v) is 12.6. The van der Waals surface area contributed by atoms with Crippen LogP contribution in [0.25, 0.3) is 0 Å². The Morgan fingerprint density at radius 3 is 2.74 bits per heavy atom. The van der Waals surface area contributed by atoms with Gasteiger partial charge in [-0.1, -0.05) is 32.9 Å². The summed E-state index contributed by atoms with van der Waals surface area (Å²) in [6.45, 7) is 8.28. The van der Waals surface area contributed by atoms with E-state index in [1.165, 1.54) is 5.56 Å². The van der Waals surface area contributed by atoms with Crippen LogP contribution < -0.4 is 25.4 Å². The summed E-state index contributed by atoms with van der Waals surface area (Å²) in [5.74, 6) is 1.13. The summed E-state index contributed by atoms with van der Waals surface area (Å²) >= 11 is 0. The van der Waals surface area contributed by atoms with Crippen LogP contribution >= 0.6 is 0 Å². The maximum atomic E-state index is 13.6. The van der Waals surface area contributed by atoms with Gasteiger partial charge in [-0.15, -0.1) is 0 Å². The number of hydrogen-bond donors (Lipinski definition) is 4. The number of pyridine rings is 1. The maximum absolute atomic E-state index is 13.6. The average Bonchev–Trinajstić information content (AvgIpc) is 3.78. The standard InChI is InChI=1S/C34H44N4O4/c1-33(2,3)25-10-14-36-31(20-25)34(11-12-34)37-22-30(39)29-17-23-8-7-9-27(16-23)42-15-6-5-13-35-26-18-24(32(40)38-29)19-28(21-26)41-4/h7-10,14,16,18-21,29-30,35,37,39H,5-6,11-13,15,17,22H2,1-4H3,(H,38,40)/t29-,30+/m0/s1. The number of aliphatic hydroxyl groups is 1. The molecule has 1 saturated carbocycles. The van der Waals surface area contributed by atoms with E-state index in [1.54, 1.807) is 13.2 Å². The molecule has 8 nitrogen and oxygen atoms in total. The Morgan fingerprint density at radius 2 is 1.98 bits per heavy atom. The van der Waals surface area contributed by atoms with Crippen molar-refractivity contribution in [2.24, 2.45) is 0 Å². The van der Waals surface area contributed by atoms with E-state index in [4.69, 9.17) is 14.5 Å². The van der Waals surface area contributed by atoms with Crippen molar-refractivity contribution < 1.29 is 19.4 Å². The van der Waals surface area contributed by atoms with Crippen molar-refractivity contribution in [3.8, 4) is 11.5 Å². The van der Waals surface area contributed by atoms with Crippen molar-refractivity contribution >= 4 is 11.6 Å². The molecule has 1 fully saturated rings. The van der Waals surface area contributed by atoms with E-state index < -0.39 is 12.1 Å². The first kappa shape index (κ1) is 29.9. The lowest BCUT2D eigenvalue weighted by Crippen LogP contribution is -2.50. The number of benzene rings is 2. The number of anilines is 1. The van der Waals surface area contributed by atoms with Crippen LogP contribution in [0.3, 0.4) is 0 Å². The number of carbonyl (C=O) groups is 1. The lowest BCUT2D eigenvalue weighted by molar-refractivity contribution is 0.0821. The molecule has 0 saturated heterocycles. The van der Waals surface area contributed by atoms with Crippen molar-refractivity contribution in [1.29, 1.82) is 0 Å². The van der Waals surface area contributed by atoms with Crippen LogP contribution in [0.4, 0.5) is 5.69 Å². The highest BCUT2D eigenvalue weighted by atomic mass is 16.5. The van der Waals surface area contributed by atoms with Crippen LogP contribution in [-0.2, 0) is 17.4 Å². The Morgan fingerprint density at radius 1 is 1.14 bits per heavy atom. The minimum atomic E-state index is -0.844. The summed E-state index contributed by atoms with van der Waals surface area (Å²) in [5.41, 5.74) is 4.29. The van der Waals surface area contributed by atoms with E-state index in [-0.39, 0.29) is 16.9 Å². The number of carbonyl (C=O) groups excluding carboxylic acids is 1. The van der Waals surface area contributed by atoms with Gasteiger partial charge >= 0.3 is 0 Å². The normalized spacial score (nSPS) is 19.5. The lowest BCUT2D eigenvalue weighted by Gasteiger charge is -2.28. The maximum Gasteiger partial charge on any atom is 0.251 e. The van der Waals surface area contributed by atoms with Crippen LogP contribution in [0.1, 0.15) is 73.6 Å².